The Balaban J connectivity index is 2.14. The van der Waals surface area contributed by atoms with Gasteiger partial charge >= 0.3 is 0 Å². The number of nitrogens with two attached hydrogens (primary N) is 1. The lowest BCUT2D eigenvalue weighted by Gasteiger charge is -2.34. The molecule has 1 atom stereocenters. The first-order chi connectivity index (χ1) is 12.5. The molecule has 2 fully saturated rings. The Morgan fingerprint density at radius 2 is 2.04 bits per heavy atom. The zero-order valence-electron chi connectivity index (χ0n) is 16.5. The van der Waals surface area contributed by atoms with E-state index < -0.39 is 0 Å². The largest absolute Gasteiger partial charge is 0.395 e. The fourth-order valence-electron chi connectivity index (χ4n) is 3.74. The summed E-state index contributed by atoms with van der Waals surface area (Å²) in [6.07, 6.45) is 4.11. The second-order valence-electron chi connectivity index (χ2n) is 7.32. The highest BCUT2D eigenvalue weighted by atomic mass is 16.5. The summed E-state index contributed by atoms with van der Waals surface area (Å²) >= 11 is 0. The van der Waals surface area contributed by atoms with Gasteiger partial charge in [0, 0.05) is 31.4 Å². The first-order valence-corrected chi connectivity index (χ1v) is 9.60. The van der Waals surface area contributed by atoms with Gasteiger partial charge in [-0.3, -0.25) is 9.98 Å². The van der Waals surface area contributed by atoms with Gasteiger partial charge in [-0.2, -0.15) is 0 Å². The van der Waals surface area contributed by atoms with Gasteiger partial charge in [0.2, 0.25) is 0 Å². The lowest BCUT2D eigenvalue weighted by atomic mass is 10.00. The van der Waals surface area contributed by atoms with Crippen LogP contribution in [0.25, 0.3) is 0 Å². The smallest absolute Gasteiger partial charge is 0.147 e. The van der Waals surface area contributed by atoms with E-state index in [0.717, 1.165) is 67.2 Å². The molecule has 2 aliphatic rings. The van der Waals surface area contributed by atoms with Crippen molar-refractivity contribution in [1.29, 1.82) is 0 Å². The fraction of sp³-hybridized carbons (Fsp3) is 0.700. The molecule has 6 heteroatoms. The number of aliphatic hydroxyl groups excluding tert-OH is 1. The quantitative estimate of drug-likeness (QED) is 0.431. The average molecular weight is 363 g/mol. The molecule has 6 nitrogen and oxygen atoms in total. The molecule has 0 aromatic heterocycles. The SMILES string of the molecule is C=C(C)CN=C1CCC(C)/C1=C(/N)C(=NC)N1CCC(OCCO)CC1. The highest BCUT2D eigenvalue weighted by molar-refractivity contribution is 6.10. The van der Waals surface area contributed by atoms with E-state index in [1.165, 1.54) is 0 Å². The first-order valence-electron chi connectivity index (χ1n) is 9.60. The predicted molar refractivity (Wildman–Crippen MR) is 108 cm³/mol. The van der Waals surface area contributed by atoms with Crippen LogP contribution in [0.5, 0.6) is 0 Å². The maximum Gasteiger partial charge on any atom is 0.147 e. The minimum absolute atomic E-state index is 0.0745. The van der Waals surface area contributed by atoms with Crippen LogP contribution in [0.2, 0.25) is 0 Å². The van der Waals surface area contributed by atoms with Gasteiger partial charge in [-0.1, -0.05) is 19.1 Å². The third-order valence-electron chi connectivity index (χ3n) is 5.09. The molecule has 0 aromatic carbocycles. The van der Waals surface area contributed by atoms with E-state index in [1.807, 2.05) is 6.92 Å². The molecule has 1 aliphatic carbocycles. The number of allylic oxidation sites excluding steroid dienone is 1. The van der Waals surface area contributed by atoms with Crippen molar-refractivity contribution in [2.75, 3.05) is 39.9 Å². The molecule has 0 bridgehead atoms. The number of amidine groups is 1. The lowest BCUT2D eigenvalue weighted by molar-refractivity contribution is 0.00164. The number of hydrogen-bond donors (Lipinski definition) is 2. The zero-order valence-corrected chi connectivity index (χ0v) is 16.5. The minimum atomic E-state index is 0.0745. The first kappa shape index (κ1) is 20.6. The van der Waals surface area contributed by atoms with Crippen LogP contribution in [0.1, 0.15) is 39.5 Å². The van der Waals surface area contributed by atoms with Crippen molar-refractivity contribution in [3.8, 4) is 0 Å². The molecule has 146 valence electrons. The standard InChI is InChI=1S/C20H34N4O2/c1-14(2)13-23-17-6-5-15(3)18(17)19(21)20(22-4)24-9-7-16(8-10-24)26-12-11-25/h15-16,25H,1,5-13,21H2,2-4H3/b19-18-,22-20?,23-17?. The van der Waals surface area contributed by atoms with E-state index >= 15 is 0 Å². The van der Waals surface area contributed by atoms with Crippen molar-refractivity contribution >= 4 is 11.5 Å². The molecule has 1 heterocycles. The number of rotatable bonds is 6. The van der Waals surface area contributed by atoms with Gasteiger partial charge in [0.15, 0.2) is 0 Å². The number of likely N-dealkylation sites (tertiary alicyclic amines) is 1. The van der Waals surface area contributed by atoms with Crippen molar-refractivity contribution in [3.63, 3.8) is 0 Å². The fourth-order valence-corrected chi connectivity index (χ4v) is 3.74. The molecule has 0 amide bonds. The molecule has 0 aromatic rings. The van der Waals surface area contributed by atoms with Crippen molar-refractivity contribution in [2.45, 2.75) is 45.6 Å². The molecule has 1 saturated carbocycles. The van der Waals surface area contributed by atoms with Crippen LogP contribution in [0.3, 0.4) is 0 Å². The summed E-state index contributed by atoms with van der Waals surface area (Å²) in [4.78, 5) is 11.5. The maximum atomic E-state index is 8.90. The van der Waals surface area contributed by atoms with E-state index in [2.05, 4.69) is 23.4 Å². The van der Waals surface area contributed by atoms with E-state index in [0.29, 0.717) is 19.1 Å². The normalized spacial score (nSPS) is 25.8. The Bertz CT molecular complexity index is 587. The molecular weight excluding hydrogens is 328 g/mol. The van der Waals surface area contributed by atoms with Crippen LogP contribution >= 0.6 is 0 Å². The number of hydrogen-bond acceptors (Lipinski definition) is 5. The van der Waals surface area contributed by atoms with E-state index in [9.17, 15) is 0 Å². The number of ether oxygens (including phenoxy) is 1. The van der Waals surface area contributed by atoms with Crippen molar-refractivity contribution in [3.05, 3.63) is 23.4 Å². The number of aliphatic imine (C=N–C) groups is 2. The topological polar surface area (TPSA) is 83.4 Å². The molecule has 1 saturated heterocycles. The Kier molecular flexibility index (Phi) is 7.85. The monoisotopic (exact) mass is 362 g/mol. The molecule has 1 aliphatic heterocycles. The summed E-state index contributed by atoms with van der Waals surface area (Å²) in [5, 5.41) is 8.90. The molecule has 2 rings (SSSR count). The molecule has 0 spiro atoms. The third kappa shape index (κ3) is 5.17. The molecule has 1 unspecified atom stereocenters. The summed E-state index contributed by atoms with van der Waals surface area (Å²) in [5.74, 6) is 1.28. The zero-order chi connectivity index (χ0) is 19.1. The molecule has 0 radical (unpaired) electrons. The third-order valence-corrected chi connectivity index (χ3v) is 5.09. The van der Waals surface area contributed by atoms with Crippen LogP contribution in [0, 0.1) is 5.92 Å². The van der Waals surface area contributed by atoms with Crippen molar-refractivity contribution < 1.29 is 9.84 Å². The highest BCUT2D eigenvalue weighted by Crippen LogP contribution is 2.31. The summed E-state index contributed by atoms with van der Waals surface area (Å²) < 4.78 is 5.66. The molecular formula is C20H34N4O2. The van der Waals surface area contributed by atoms with Crippen molar-refractivity contribution in [1.82, 2.24) is 4.90 Å². The average Bonchev–Trinajstić information content (AvgIpc) is 3.00. The molecule has 26 heavy (non-hydrogen) atoms. The Labute approximate surface area is 157 Å². The Morgan fingerprint density at radius 3 is 2.62 bits per heavy atom. The van der Waals surface area contributed by atoms with Crippen LogP contribution in [-0.2, 0) is 4.74 Å². The summed E-state index contributed by atoms with van der Waals surface area (Å²) in [7, 11) is 1.81. The number of nitrogens with zero attached hydrogens (tertiary/aromatic N) is 3. The number of piperidine rings is 1. The molecule has 3 N–H and O–H groups in total. The van der Waals surface area contributed by atoms with Gasteiger partial charge in [0.05, 0.1) is 31.6 Å². The highest BCUT2D eigenvalue weighted by Gasteiger charge is 2.30. The predicted octanol–water partition coefficient (Wildman–Crippen LogP) is 2.15. The summed E-state index contributed by atoms with van der Waals surface area (Å²) in [6, 6.07) is 0. The van der Waals surface area contributed by atoms with Gasteiger partial charge < -0.3 is 20.5 Å². The van der Waals surface area contributed by atoms with E-state index in [-0.39, 0.29) is 12.7 Å². The van der Waals surface area contributed by atoms with Crippen LogP contribution in [-0.4, -0.2) is 67.6 Å². The minimum Gasteiger partial charge on any atom is -0.395 e. The van der Waals surface area contributed by atoms with Gasteiger partial charge in [-0.15, -0.1) is 0 Å². The van der Waals surface area contributed by atoms with Gasteiger partial charge in [-0.25, -0.2) is 0 Å². The van der Waals surface area contributed by atoms with Crippen molar-refractivity contribution in [2.24, 2.45) is 21.6 Å². The summed E-state index contributed by atoms with van der Waals surface area (Å²) in [5.41, 5.74) is 10.7. The summed E-state index contributed by atoms with van der Waals surface area (Å²) in [6.45, 7) is 11.0. The Morgan fingerprint density at radius 1 is 1.35 bits per heavy atom. The second kappa shape index (κ2) is 9.88. The van der Waals surface area contributed by atoms with Gasteiger partial charge in [0.25, 0.3) is 0 Å². The van der Waals surface area contributed by atoms with Gasteiger partial charge in [-0.05, 0) is 38.5 Å². The van der Waals surface area contributed by atoms with Crippen LogP contribution in [0.4, 0.5) is 0 Å². The maximum absolute atomic E-state index is 8.90. The van der Waals surface area contributed by atoms with Gasteiger partial charge in [0.1, 0.15) is 5.84 Å². The van der Waals surface area contributed by atoms with Crippen LogP contribution < -0.4 is 5.73 Å². The lowest BCUT2D eigenvalue weighted by Crippen LogP contribution is -2.43. The Hall–Kier alpha value is -1.66. The van der Waals surface area contributed by atoms with E-state index in [4.69, 9.17) is 20.6 Å². The second-order valence-corrected chi connectivity index (χ2v) is 7.32. The van der Waals surface area contributed by atoms with Crippen LogP contribution in [0.15, 0.2) is 33.4 Å². The van der Waals surface area contributed by atoms with E-state index in [1.54, 1.807) is 7.05 Å². The number of aliphatic hydroxyl groups is 1.